The second-order valence-corrected chi connectivity index (χ2v) is 3.24. The van der Waals surface area contributed by atoms with Crippen molar-refractivity contribution in [2.45, 2.75) is 13.8 Å². The molecule has 0 aliphatic rings. The van der Waals surface area contributed by atoms with E-state index in [9.17, 15) is 0 Å². The van der Waals surface area contributed by atoms with Crippen molar-refractivity contribution in [1.82, 2.24) is 0 Å². The summed E-state index contributed by atoms with van der Waals surface area (Å²) in [5.74, 6) is 0. The second-order valence-electron chi connectivity index (χ2n) is 0.908. The average molecular weight is 170 g/mol. The second kappa shape index (κ2) is 1.93. The van der Waals surface area contributed by atoms with Gasteiger partial charge in [-0.25, -0.2) is 0 Å². The molecule has 0 saturated heterocycles. The van der Waals surface area contributed by atoms with Gasteiger partial charge >= 0.3 is 39.2 Å². The molecule has 0 saturated carbocycles. The van der Waals surface area contributed by atoms with Gasteiger partial charge in [0.25, 0.3) is 0 Å². The summed E-state index contributed by atoms with van der Waals surface area (Å²) in [4.78, 5) is 0. The van der Waals surface area contributed by atoms with Gasteiger partial charge in [-0.15, -0.1) is 0 Å². The summed E-state index contributed by atoms with van der Waals surface area (Å²) in [5, 5.41) is 0. The Labute approximate surface area is 39.6 Å². The summed E-state index contributed by atoms with van der Waals surface area (Å²) in [5.41, 5.74) is 0. The minimum absolute atomic E-state index is 1.43. The Bertz CT molecular complexity index is 26.3. The van der Waals surface area contributed by atoms with Crippen molar-refractivity contribution < 1.29 is 0 Å². The maximum atomic E-state index is 2.09. The van der Waals surface area contributed by atoms with Crippen LogP contribution in [0.1, 0.15) is 13.8 Å². The average Bonchev–Trinajstić information content (AvgIpc) is 0.811. The Balaban J connectivity index is 2.80. The fourth-order valence-electron chi connectivity index (χ4n) is 0. The van der Waals surface area contributed by atoms with Crippen molar-refractivity contribution in [3.05, 3.63) is 0 Å². The molecule has 0 aliphatic heterocycles. The Hall–Kier alpha value is 0.660. The van der Waals surface area contributed by atoms with Crippen molar-refractivity contribution >= 4 is 25.4 Å². The van der Waals surface area contributed by atoms with Crippen molar-refractivity contribution in [1.29, 1.82) is 0 Å². The first-order chi connectivity index (χ1) is 1.73. The molecule has 0 aliphatic carbocycles. The Morgan fingerprint density at radius 1 is 1.50 bits per heavy atom. The number of rotatable bonds is 0. The molecule has 24 valence electrons. The van der Waals surface area contributed by atoms with E-state index >= 15 is 0 Å². The molecule has 0 bridgehead atoms. The van der Waals surface area contributed by atoms with Crippen molar-refractivity contribution in [2.24, 2.45) is 0 Å². The fraction of sp³-hybridized carbons (Fsp3) is 0.667. The van der Waals surface area contributed by atoms with Crippen molar-refractivity contribution in [3.8, 4) is 0 Å². The van der Waals surface area contributed by atoms with E-state index in [1.165, 1.54) is 3.55 Å². The van der Waals surface area contributed by atoms with Crippen LogP contribution in [-0.4, -0.2) is 25.4 Å². The van der Waals surface area contributed by atoms with E-state index < -0.39 is 0 Å². The van der Waals surface area contributed by atoms with E-state index in [-0.39, 0.29) is 0 Å². The van der Waals surface area contributed by atoms with Crippen LogP contribution in [0.15, 0.2) is 0 Å². The van der Waals surface area contributed by atoms with Gasteiger partial charge in [0.15, 0.2) is 0 Å². The van der Waals surface area contributed by atoms with Gasteiger partial charge in [-0.3, -0.25) is 0 Å². The summed E-state index contributed by atoms with van der Waals surface area (Å²) in [6.07, 6.45) is 0. The predicted molar refractivity (Wildman–Crippen MR) is 22.1 cm³/mol. The van der Waals surface area contributed by atoms with Crippen LogP contribution in [0.3, 0.4) is 0 Å². The topological polar surface area (TPSA) is 0 Å². The molecule has 0 heterocycles. The molecule has 0 aromatic heterocycles. The molecule has 0 radical (unpaired) electrons. The predicted octanol–water partition coefficient (Wildman–Crippen LogP) is 0.367. The third-order valence-electron chi connectivity index (χ3n) is 0. The Morgan fingerprint density at radius 3 is 1.50 bits per heavy atom. The van der Waals surface area contributed by atoms with Crippen LogP contribution in [0.5, 0.6) is 0 Å². The molecule has 0 N–H and O–H groups in total. The minimum atomic E-state index is 1.43. The zero-order chi connectivity index (χ0) is 3.58. The third kappa shape index (κ3) is 16.8. The first-order valence-electron chi connectivity index (χ1n) is 1.20. The normalized spacial score (nSPS) is 6.50. The van der Waals surface area contributed by atoms with E-state index in [4.69, 9.17) is 0 Å². The van der Waals surface area contributed by atoms with Gasteiger partial charge in [0, 0.05) is 0 Å². The van der Waals surface area contributed by atoms with Crippen LogP contribution >= 0.6 is 0 Å². The molecule has 0 spiro atoms. The van der Waals surface area contributed by atoms with Gasteiger partial charge in [0.1, 0.15) is 0 Å². The van der Waals surface area contributed by atoms with Gasteiger partial charge in [0.05, 0.1) is 0 Å². The summed E-state index contributed by atoms with van der Waals surface area (Å²) in [7, 11) is 0. The molecule has 0 amide bonds. The maximum absolute atomic E-state index is 2.09. The van der Waals surface area contributed by atoms with Crippen LogP contribution in [0, 0.1) is 0 Å². The van der Waals surface area contributed by atoms with E-state index in [1.807, 2.05) is 21.8 Å². The SMILES string of the molecule is CC(C)=[Te]. The first-order valence-corrected chi connectivity index (χ1v) is 2.37. The zero-order valence-electron chi connectivity index (χ0n) is 2.91. The summed E-state index contributed by atoms with van der Waals surface area (Å²) >= 11 is 2.02. The standard InChI is InChI=1S/C3H6Te/c1-3(2)4/h1-2H3. The van der Waals surface area contributed by atoms with Gasteiger partial charge in [0.2, 0.25) is 0 Å². The molecule has 4 heavy (non-hydrogen) atoms. The summed E-state index contributed by atoms with van der Waals surface area (Å²) in [6.45, 7) is 4.18. The Morgan fingerprint density at radius 2 is 1.50 bits per heavy atom. The molecule has 0 nitrogen and oxygen atoms in total. The zero-order valence-corrected chi connectivity index (χ0v) is 5.24. The quantitative estimate of drug-likeness (QED) is 0.460. The molecule has 0 aromatic rings. The van der Waals surface area contributed by atoms with Crippen LogP contribution in [-0.2, 0) is 0 Å². The molecular formula is C3H6Te. The molecule has 0 aromatic carbocycles. The van der Waals surface area contributed by atoms with Crippen molar-refractivity contribution in [2.75, 3.05) is 0 Å². The van der Waals surface area contributed by atoms with E-state index in [0.717, 1.165) is 0 Å². The molecule has 0 rings (SSSR count). The first kappa shape index (κ1) is 4.66. The van der Waals surface area contributed by atoms with Crippen LogP contribution in [0.4, 0.5) is 0 Å². The number of hydrogen-bond acceptors (Lipinski definition) is 0. The van der Waals surface area contributed by atoms with Crippen LogP contribution < -0.4 is 0 Å². The molecular weight excluding hydrogens is 164 g/mol. The number of hydrogen-bond donors (Lipinski definition) is 0. The van der Waals surface area contributed by atoms with Crippen molar-refractivity contribution in [3.63, 3.8) is 0 Å². The molecule has 1 heteroatoms. The van der Waals surface area contributed by atoms with Gasteiger partial charge < -0.3 is 0 Å². The Kier molecular flexibility index (Phi) is 2.25. The van der Waals surface area contributed by atoms with E-state index in [2.05, 4.69) is 13.8 Å². The molecule has 0 atom stereocenters. The monoisotopic (exact) mass is 172 g/mol. The van der Waals surface area contributed by atoms with Crippen LogP contribution in [0.2, 0.25) is 0 Å². The fourth-order valence-corrected chi connectivity index (χ4v) is 0. The van der Waals surface area contributed by atoms with Gasteiger partial charge in [-0.2, -0.15) is 0 Å². The van der Waals surface area contributed by atoms with Gasteiger partial charge in [-0.1, -0.05) is 0 Å². The summed E-state index contributed by atoms with van der Waals surface area (Å²) < 4.78 is 1.43. The van der Waals surface area contributed by atoms with Gasteiger partial charge in [-0.05, 0) is 0 Å². The molecule has 0 fully saturated rings. The van der Waals surface area contributed by atoms with E-state index in [0.29, 0.717) is 0 Å². The summed E-state index contributed by atoms with van der Waals surface area (Å²) in [6, 6.07) is 0. The molecule has 0 unspecified atom stereocenters. The third-order valence-corrected chi connectivity index (χ3v) is 0. The van der Waals surface area contributed by atoms with Crippen LogP contribution in [0.25, 0.3) is 0 Å². The van der Waals surface area contributed by atoms with E-state index in [1.54, 1.807) is 0 Å².